The quantitative estimate of drug-likeness (QED) is 0.425. The van der Waals surface area contributed by atoms with Crippen LogP contribution >= 0.6 is 7.75 Å². The normalized spacial score (nSPS) is 11.6. The molecule has 0 spiro atoms. The Morgan fingerprint density at radius 3 is 2.65 bits per heavy atom. The van der Waals surface area contributed by atoms with Gasteiger partial charge < -0.3 is 15.6 Å². The van der Waals surface area contributed by atoms with E-state index in [4.69, 9.17) is 15.6 Å². The van der Waals surface area contributed by atoms with Crippen LogP contribution in [0.4, 0.5) is 5.82 Å². The molecule has 17 heavy (non-hydrogen) atoms. The fourth-order valence-corrected chi connectivity index (χ4v) is 1.79. The molecule has 0 amide bonds. The Balaban J connectivity index is 2.70. The Kier molecular flexibility index (Phi) is 2.62. The van der Waals surface area contributed by atoms with Crippen LogP contribution in [0.1, 0.15) is 0 Å². The molecule has 90 valence electrons. The van der Waals surface area contributed by atoms with Gasteiger partial charge in [-0.25, -0.2) is 14.2 Å². The first kappa shape index (κ1) is 11.6. The molecule has 0 bridgehead atoms. The lowest BCUT2D eigenvalue weighted by Crippen LogP contribution is -2.30. The smallest absolute Gasteiger partial charge is 0.336 e. The molecule has 0 unspecified atom stereocenters. The molecule has 0 saturated heterocycles. The maximum absolute atomic E-state index is 11.6. The van der Waals surface area contributed by atoms with Gasteiger partial charge in [-0.05, 0) is 12.1 Å². The number of nitrogens with zero attached hydrogens (tertiary/aromatic N) is 2. The average Bonchev–Trinajstić information content (AvgIpc) is 2.24. The molecule has 0 radical (unpaired) electrons. The van der Waals surface area contributed by atoms with Crippen LogP contribution in [0, 0.1) is 0 Å². The van der Waals surface area contributed by atoms with Gasteiger partial charge in [0.15, 0.2) is 0 Å². The fraction of sp³-hybridized carbons (Fsp3) is 0. The summed E-state index contributed by atoms with van der Waals surface area (Å²) < 4.78 is 11.5. The van der Waals surface area contributed by atoms with E-state index in [0.717, 1.165) is 4.68 Å². The summed E-state index contributed by atoms with van der Waals surface area (Å²) in [5.41, 5.74) is -0.0914. The lowest BCUT2D eigenvalue weighted by Gasteiger charge is -2.09. The van der Waals surface area contributed by atoms with Gasteiger partial charge in [0, 0.05) is 0 Å². The third-order valence-corrected chi connectivity index (χ3v) is 2.55. The van der Waals surface area contributed by atoms with Gasteiger partial charge in [-0.2, -0.15) is 0 Å². The van der Waals surface area contributed by atoms with Crippen LogP contribution in [0.3, 0.4) is 0 Å². The second kappa shape index (κ2) is 3.85. The molecule has 1 heterocycles. The molecule has 2 rings (SSSR count). The third kappa shape index (κ3) is 2.28. The van der Waals surface area contributed by atoms with Gasteiger partial charge >= 0.3 is 13.3 Å². The topological polar surface area (TPSA) is 130 Å². The lowest BCUT2D eigenvalue weighted by atomic mass is 10.3. The fourth-order valence-electron chi connectivity index (χ4n) is 1.36. The first-order chi connectivity index (χ1) is 7.88. The van der Waals surface area contributed by atoms with Gasteiger partial charge in [-0.15, -0.1) is 0 Å². The molecule has 0 fully saturated rings. The number of nitrogen functional groups attached to an aromatic ring is 1. The van der Waals surface area contributed by atoms with Crippen molar-refractivity contribution in [3.8, 4) is 0 Å². The monoisotopic (exact) mass is 256 g/mol. The summed E-state index contributed by atoms with van der Waals surface area (Å²) in [5.74, 6) is 5.02. The van der Waals surface area contributed by atoms with Gasteiger partial charge in [0.05, 0.1) is 11.0 Å². The Morgan fingerprint density at radius 2 is 2.00 bits per heavy atom. The molecule has 0 saturated carbocycles. The zero-order valence-corrected chi connectivity index (χ0v) is 9.33. The van der Waals surface area contributed by atoms with Gasteiger partial charge in [0.25, 0.3) is 0 Å². The Hall–Kier alpha value is -1.89. The SMILES string of the molecule is Nn1c(=O)c(NP(=O)(O)O)nc2ccccc21. The summed E-state index contributed by atoms with van der Waals surface area (Å²) in [6, 6.07) is 6.48. The summed E-state index contributed by atoms with van der Waals surface area (Å²) in [7, 11) is -4.59. The third-order valence-electron chi connectivity index (χ3n) is 2.05. The molecular weight excluding hydrogens is 247 g/mol. The van der Waals surface area contributed by atoms with Crippen molar-refractivity contribution in [2.24, 2.45) is 0 Å². The number of hydrogen-bond donors (Lipinski definition) is 4. The maximum Gasteiger partial charge on any atom is 0.428 e. The van der Waals surface area contributed by atoms with E-state index in [0.29, 0.717) is 11.0 Å². The van der Waals surface area contributed by atoms with E-state index in [1.165, 1.54) is 0 Å². The molecule has 0 aliphatic heterocycles. The minimum atomic E-state index is -4.59. The van der Waals surface area contributed by atoms with Crippen LogP contribution in [-0.2, 0) is 4.57 Å². The highest BCUT2D eigenvalue weighted by Gasteiger charge is 2.18. The Morgan fingerprint density at radius 1 is 1.35 bits per heavy atom. The van der Waals surface area contributed by atoms with Crippen LogP contribution in [0.5, 0.6) is 0 Å². The number of anilines is 1. The van der Waals surface area contributed by atoms with Crippen molar-refractivity contribution < 1.29 is 14.4 Å². The highest BCUT2D eigenvalue weighted by Crippen LogP contribution is 2.33. The minimum Gasteiger partial charge on any atom is -0.336 e. The van der Waals surface area contributed by atoms with Crippen LogP contribution < -0.4 is 16.5 Å². The number of fused-ring (bicyclic) bond motifs is 1. The number of benzene rings is 1. The molecule has 0 atom stereocenters. The van der Waals surface area contributed by atoms with Crippen molar-refractivity contribution in [3.63, 3.8) is 0 Å². The molecule has 0 aliphatic carbocycles. The maximum atomic E-state index is 11.6. The van der Waals surface area contributed by atoms with Crippen molar-refractivity contribution in [2.45, 2.75) is 0 Å². The van der Waals surface area contributed by atoms with Crippen molar-refractivity contribution in [1.29, 1.82) is 0 Å². The molecule has 8 nitrogen and oxygen atoms in total. The highest BCUT2D eigenvalue weighted by atomic mass is 31.2. The zero-order chi connectivity index (χ0) is 12.6. The molecular formula is C8H9N4O4P. The molecule has 2 aromatic rings. The van der Waals surface area contributed by atoms with Crippen molar-refractivity contribution in [3.05, 3.63) is 34.6 Å². The van der Waals surface area contributed by atoms with Gasteiger partial charge in [-0.3, -0.25) is 9.88 Å². The van der Waals surface area contributed by atoms with Gasteiger partial charge in [-0.1, -0.05) is 12.1 Å². The summed E-state index contributed by atoms with van der Waals surface area (Å²) in [6.45, 7) is 0. The predicted molar refractivity (Wildman–Crippen MR) is 61.8 cm³/mol. The van der Waals surface area contributed by atoms with Crippen LogP contribution in [0.15, 0.2) is 29.1 Å². The van der Waals surface area contributed by atoms with Crippen LogP contribution in [-0.4, -0.2) is 19.4 Å². The van der Waals surface area contributed by atoms with Crippen molar-refractivity contribution in [1.82, 2.24) is 9.66 Å². The standard InChI is InChI=1S/C8H9N4O4P/c9-12-6-4-2-1-3-5(6)10-7(8(12)13)11-17(14,15)16/h1-4H,9H2,(H3,10,11,14,15,16). The predicted octanol–water partition coefficient (Wildman–Crippen LogP) is -0.385. The van der Waals surface area contributed by atoms with Crippen LogP contribution in [0.25, 0.3) is 11.0 Å². The second-order valence-electron chi connectivity index (χ2n) is 3.28. The van der Waals surface area contributed by atoms with E-state index in [-0.39, 0.29) is 0 Å². The van der Waals surface area contributed by atoms with E-state index in [9.17, 15) is 9.36 Å². The van der Waals surface area contributed by atoms with E-state index in [1.54, 1.807) is 29.4 Å². The first-order valence-electron chi connectivity index (χ1n) is 4.49. The molecule has 1 aromatic carbocycles. The van der Waals surface area contributed by atoms with Crippen molar-refractivity contribution >= 4 is 24.6 Å². The number of para-hydroxylation sites is 2. The second-order valence-corrected chi connectivity index (χ2v) is 4.59. The van der Waals surface area contributed by atoms with Crippen molar-refractivity contribution in [2.75, 3.05) is 10.9 Å². The van der Waals surface area contributed by atoms with Gasteiger partial charge in [0.2, 0.25) is 5.82 Å². The largest absolute Gasteiger partial charge is 0.428 e. The molecule has 9 heteroatoms. The summed E-state index contributed by atoms with van der Waals surface area (Å²) in [5, 5.41) is 1.72. The minimum absolute atomic E-state index is 0.352. The Bertz CT molecular complexity index is 677. The number of hydrogen-bond acceptors (Lipinski definition) is 4. The van der Waals surface area contributed by atoms with E-state index < -0.39 is 19.1 Å². The zero-order valence-electron chi connectivity index (χ0n) is 8.44. The Labute approximate surface area is 94.9 Å². The number of rotatable bonds is 2. The first-order valence-corrected chi connectivity index (χ1v) is 6.10. The summed E-state index contributed by atoms with van der Waals surface area (Å²) in [6.07, 6.45) is 0. The average molecular weight is 256 g/mol. The van der Waals surface area contributed by atoms with E-state index >= 15 is 0 Å². The molecule has 1 aromatic heterocycles. The van der Waals surface area contributed by atoms with Gasteiger partial charge in [0.1, 0.15) is 0 Å². The van der Waals surface area contributed by atoms with E-state index in [2.05, 4.69) is 4.98 Å². The lowest BCUT2D eigenvalue weighted by molar-refractivity contribution is 0.380. The van der Waals surface area contributed by atoms with Crippen LogP contribution in [0.2, 0.25) is 0 Å². The van der Waals surface area contributed by atoms with E-state index in [1.807, 2.05) is 0 Å². The summed E-state index contributed by atoms with van der Waals surface area (Å²) >= 11 is 0. The number of nitrogens with one attached hydrogen (secondary N) is 1. The molecule has 5 N–H and O–H groups in total. The highest BCUT2D eigenvalue weighted by molar-refractivity contribution is 7.53. The number of aromatic nitrogens is 2. The summed E-state index contributed by atoms with van der Waals surface area (Å²) in [4.78, 5) is 32.9. The number of nitrogens with two attached hydrogens (primary N) is 1. The molecule has 0 aliphatic rings.